The van der Waals surface area contributed by atoms with Gasteiger partial charge in [0.2, 0.25) is 0 Å². The summed E-state index contributed by atoms with van der Waals surface area (Å²) in [5, 5.41) is 5.51. The van der Waals surface area contributed by atoms with E-state index in [9.17, 15) is 0 Å². The zero-order chi connectivity index (χ0) is 15.5. The van der Waals surface area contributed by atoms with E-state index in [0.717, 1.165) is 48.1 Å². The number of nitrogens with zero attached hydrogens (tertiary/aromatic N) is 4. The highest BCUT2D eigenvalue weighted by atomic mass is 127. The summed E-state index contributed by atoms with van der Waals surface area (Å²) in [7, 11) is 1.86. The molecule has 0 aliphatic carbocycles. The molecule has 3 rings (SSSR count). The Balaban J connectivity index is 0.00000192. The number of nitrogens with one attached hydrogen (secondary N) is 1. The normalized spacial score (nSPS) is 18.7. The monoisotopic (exact) mass is 447 g/mol. The van der Waals surface area contributed by atoms with Crippen molar-refractivity contribution in [2.45, 2.75) is 33.2 Å². The average Bonchev–Trinajstić information content (AvgIpc) is 3.14. The molecule has 1 saturated heterocycles. The van der Waals surface area contributed by atoms with Crippen LogP contribution >= 0.6 is 35.3 Å². The highest BCUT2D eigenvalue weighted by molar-refractivity contribution is 14.0. The van der Waals surface area contributed by atoms with Crippen LogP contribution in [0.5, 0.6) is 0 Å². The highest BCUT2D eigenvalue weighted by Gasteiger charge is 2.25. The Morgan fingerprint density at radius 1 is 1.52 bits per heavy atom. The standard InChI is InChI=1S/C16H25N5S.HI/c1-12(2)8-13-4-5-20(10-13)15(17-3)18-9-14-11-21-6-7-22-16(21)19-14;/h6-7,11-13H,4-5,8-10H2,1-3H3,(H,17,18);1H. The zero-order valence-electron chi connectivity index (χ0n) is 14.0. The Hall–Kier alpha value is -0.830. The fourth-order valence-electron chi connectivity index (χ4n) is 3.25. The molecule has 0 aromatic carbocycles. The molecule has 1 aliphatic rings. The lowest BCUT2D eigenvalue weighted by Gasteiger charge is -2.21. The van der Waals surface area contributed by atoms with Crippen molar-refractivity contribution in [1.82, 2.24) is 19.6 Å². The zero-order valence-corrected chi connectivity index (χ0v) is 17.2. The summed E-state index contributed by atoms with van der Waals surface area (Å²) in [5.74, 6) is 2.58. The maximum absolute atomic E-state index is 4.61. The van der Waals surface area contributed by atoms with Gasteiger partial charge in [-0.3, -0.25) is 9.39 Å². The molecule has 1 unspecified atom stereocenters. The van der Waals surface area contributed by atoms with E-state index in [1.54, 1.807) is 11.3 Å². The lowest BCUT2D eigenvalue weighted by molar-refractivity contribution is 0.403. The molecule has 2 aromatic rings. The molecule has 1 aliphatic heterocycles. The van der Waals surface area contributed by atoms with Crippen LogP contribution in [0.4, 0.5) is 0 Å². The lowest BCUT2D eigenvalue weighted by atomic mass is 9.97. The minimum Gasteiger partial charge on any atom is -0.351 e. The van der Waals surface area contributed by atoms with Crippen molar-refractivity contribution in [2.24, 2.45) is 16.8 Å². The number of hydrogen-bond acceptors (Lipinski definition) is 3. The first-order valence-corrected chi connectivity index (χ1v) is 8.90. The van der Waals surface area contributed by atoms with E-state index in [1.807, 2.05) is 13.2 Å². The van der Waals surface area contributed by atoms with Crippen molar-refractivity contribution in [3.63, 3.8) is 0 Å². The van der Waals surface area contributed by atoms with Gasteiger partial charge in [-0.2, -0.15) is 0 Å². The third-order valence-corrected chi connectivity index (χ3v) is 4.94. The summed E-state index contributed by atoms with van der Waals surface area (Å²) in [6, 6.07) is 0. The van der Waals surface area contributed by atoms with Crippen LogP contribution < -0.4 is 5.32 Å². The molecule has 0 radical (unpaired) electrons. The summed E-state index contributed by atoms with van der Waals surface area (Å²) >= 11 is 1.66. The number of aromatic nitrogens is 2. The maximum Gasteiger partial charge on any atom is 0.193 e. The first-order chi connectivity index (χ1) is 10.7. The van der Waals surface area contributed by atoms with Crippen molar-refractivity contribution in [3.05, 3.63) is 23.5 Å². The fraction of sp³-hybridized carbons (Fsp3) is 0.625. The van der Waals surface area contributed by atoms with E-state index >= 15 is 0 Å². The smallest absolute Gasteiger partial charge is 0.193 e. The molecule has 0 saturated carbocycles. The van der Waals surface area contributed by atoms with Gasteiger partial charge in [-0.25, -0.2) is 4.98 Å². The summed E-state index contributed by atoms with van der Waals surface area (Å²) in [4.78, 5) is 12.5. The number of rotatable bonds is 4. The third-order valence-electron chi connectivity index (χ3n) is 4.17. The lowest BCUT2D eigenvalue weighted by Crippen LogP contribution is -2.39. The third kappa shape index (κ3) is 4.59. The SMILES string of the molecule is CN=C(NCc1cn2ccsc2n1)N1CCC(CC(C)C)C1.I. The first kappa shape index (κ1) is 18.5. The maximum atomic E-state index is 4.61. The van der Waals surface area contributed by atoms with Gasteiger partial charge in [-0.05, 0) is 24.7 Å². The van der Waals surface area contributed by atoms with Gasteiger partial charge in [-0.1, -0.05) is 13.8 Å². The molecule has 5 nitrogen and oxygen atoms in total. The minimum atomic E-state index is 0. The number of hydrogen-bond donors (Lipinski definition) is 1. The number of thiazole rings is 1. The van der Waals surface area contributed by atoms with Crippen molar-refractivity contribution in [3.8, 4) is 0 Å². The van der Waals surface area contributed by atoms with Crippen LogP contribution in [0, 0.1) is 11.8 Å². The van der Waals surface area contributed by atoms with Crippen LogP contribution in [0.2, 0.25) is 0 Å². The van der Waals surface area contributed by atoms with Crippen LogP contribution in [-0.4, -0.2) is 40.4 Å². The van der Waals surface area contributed by atoms with Gasteiger partial charge in [0.15, 0.2) is 10.9 Å². The van der Waals surface area contributed by atoms with Gasteiger partial charge >= 0.3 is 0 Å². The highest BCUT2D eigenvalue weighted by Crippen LogP contribution is 2.23. The van der Waals surface area contributed by atoms with E-state index in [2.05, 4.69) is 50.0 Å². The van der Waals surface area contributed by atoms with Crippen LogP contribution in [0.3, 0.4) is 0 Å². The molecular weight excluding hydrogens is 421 g/mol. The summed E-state index contributed by atoms with van der Waals surface area (Å²) in [5.41, 5.74) is 1.06. The Kier molecular flexibility index (Phi) is 6.70. The molecule has 7 heteroatoms. The Labute approximate surface area is 159 Å². The van der Waals surface area contributed by atoms with Gasteiger partial charge < -0.3 is 10.2 Å². The Bertz CT molecular complexity index is 619. The van der Waals surface area contributed by atoms with Crippen LogP contribution in [-0.2, 0) is 6.54 Å². The first-order valence-electron chi connectivity index (χ1n) is 8.02. The van der Waals surface area contributed by atoms with Crippen LogP contribution in [0.25, 0.3) is 4.96 Å². The second-order valence-electron chi connectivity index (χ2n) is 6.46. The van der Waals surface area contributed by atoms with Gasteiger partial charge in [0.1, 0.15) is 0 Å². The number of aliphatic imine (C=N–C) groups is 1. The van der Waals surface area contributed by atoms with Gasteiger partial charge in [0, 0.05) is 37.9 Å². The predicted octanol–water partition coefficient (Wildman–Crippen LogP) is 3.46. The van der Waals surface area contributed by atoms with Crippen molar-refractivity contribution < 1.29 is 0 Å². The average molecular weight is 447 g/mol. The van der Waals surface area contributed by atoms with Crippen molar-refractivity contribution in [1.29, 1.82) is 0 Å². The minimum absolute atomic E-state index is 0. The Morgan fingerprint density at radius 2 is 2.35 bits per heavy atom. The molecule has 1 atom stereocenters. The van der Waals surface area contributed by atoms with E-state index in [4.69, 9.17) is 0 Å². The molecule has 128 valence electrons. The summed E-state index contributed by atoms with van der Waals surface area (Å²) in [6.45, 7) is 7.57. The van der Waals surface area contributed by atoms with Crippen LogP contribution in [0.15, 0.2) is 22.8 Å². The van der Waals surface area contributed by atoms with E-state index in [-0.39, 0.29) is 24.0 Å². The van der Waals surface area contributed by atoms with Crippen LogP contribution in [0.1, 0.15) is 32.4 Å². The molecule has 1 N–H and O–H groups in total. The van der Waals surface area contributed by atoms with Gasteiger partial charge in [-0.15, -0.1) is 35.3 Å². The summed E-state index contributed by atoms with van der Waals surface area (Å²) < 4.78 is 2.07. The number of guanidine groups is 1. The second-order valence-corrected chi connectivity index (χ2v) is 7.33. The summed E-state index contributed by atoms with van der Waals surface area (Å²) in [6.07, 6.45) is 6.71. The number of fused-ring (bicyclic) bond motifs is 1. The molecule has 0 spiro atoms. The topological polar surface area (TPSA) is 44.9 Å². The predicted molar refractivity (Wildman–Crippen MR) is 108 cm³/mol. The molecule has 0 bridgehead atoms. The number of imidazole rings is 1. The number of likely N-dealkylation sites (tertiary alicyclic amines) is 1. The molecular formula is C16H26IN5S. The molecule has 1 fully saturated rings. The van der Waals surface area contributed by atoms with Crippen molar-refractivity contribution in [2.75, 3.05) is 20.1 Å². The number of halogens is 1. The Morgan fingerprint density at radius 3 is 3.04 bits per heavy atom. The van der Waals surface area contributed by atoms with E-state index in [0.29, 0.717) is 0 Å². The largest absolute Gasteiger partial charge is 0.351 e. The van der Waals surface area contributed by atoms with E-state index in [1.165, 1.54) is 12.8 Å². The quantitative estimate of drug-likeness (QED) is 0.444. The second kappa shape index (κ2) is 8.32. The fourth-order valence-corrected chi connectivity index (χ4v) is 3.97. The van der Waals surface area contributed by atoms with Gasteiger partial charge in [0.25, 0.3) is 0 Å². The van der Waals surface area contributed by atoms with E-state index < -0.39 is 0 Å². The molecule has 23 heavy (non-hydrogen) atoms. The molecule has 2 aromatic heterocycles. The van der Waals surface area contributed by atoms with Crippen molar-refractivity contribution >= 4 is 46.2 Å². The molecule has 0 amide bonds. The molecule has 3 heterocycles. The van der Waals surface area contributed by atoms with Gasteiger partial charge in [0.05, 0.1) is 12.2 Å².